The van der Waals surface area contributed by atoms with Crippen molar-refractivity contribution in [3.8, 4) is 0 Å². The molecule has 0 bridgehead atoms. The first-order chi connectivity index (χ1) is 6.26. The van der Waals surface area contributed by atoms with E-state index in [0.717, 1.165) is 0 Å². The SMILES string of the molecule is C[C@@H](OC(=O)NC(C)(C)C)C(=O)NN. The zero-order chi connectivity index (χ0) is 11.4. The molecule has 6 nitrogen and oxygen atoms in total. The largest absolute Gasteiger partial charge is 0.436 e. The molecule has 0 spiro atoms. The van der Waals surface area contributed by atoms with Crippen LogP contribution in [0.25, 0.3) is 0 Å². The van der Waals surface area contributed by atoms with Gasteiger partial charge in [0.2, 0.25) is 0 Å². The lowest BCUT2D eigenvalue weighted by Gasteiger charge is -2.21. The Bertz CT molecular complexity index is 222. The van der Waals surface area contributed by atoms with Crippen LogP contribution in [0.2, 0.25) is 0 Å². The van der Waals surface area contributed by atoms with Gasteiger partial charge in [-0.05, 0) is 27.7 Å². The summed E-state index contributed by atoms with van der Waals surface area (Å²) in [4.78, 5) is 22.0. The highest BCUT2D eigenvalue weighted by molar-refractivity contribution is 5.82. The van der Waals surface area contributed by atoms with Gasteiger partial charge in [0.15, 0.2) is 6.10 Å². The molecule has 14 heavy (non-hydrogen) atoms. The predicted molar refractivity (Wildman–Crippen MR) is 51.2 cm³/mol. The van der Waals surface area contributed by atoms with Gasteiger partial charge in [-0.2, -0.15) is 0 Å². The lowest BCUT2D eigenvalue weighted by Crippen LogP contribution is -2.45. The van der Waals surface area contributed by atoms with Crippen LogP contribution in [0.4, 0.5) is 4.79 Å². The molecule has 0 aliphatic heterocycles. The second-order valence-electron chi connectivity index (χ2n) is 3.93. The predicted octanol–water partition coefficient (Wildman–Crippen LogP) is -0.110. The van der Waals surface area contributed by atoms with Crippen molar-refractivity contribution in [1.29, 1.82) is 0 Å². The van der Waals surface area contributed by atoms with Crippen LogP contribution in [-0.4, -0.2) is 23.6 Å². The summed E-state index contributed by atoms with van der Waals surface area (Å²) in [7, 11) is 0. The molecule has 0 rings (SSSR count). The molecule has 82 valence electrons. The smallest absolute Gasteiger partial charge is 0.408 e. The Morgan fingerprint density at radius 2 is 1.86 bits per heavy atom. The van der Waals surface area contributed by atoms with E-state index in [0.29, 0.717) is 0 Å². The molecule has 0 saturated heterocycles. The molecule has 0 aromatic rings. The summed E-state index contributed by atoms with van der Waals surface area (Å²) in [6, 6.07) is 0. The summed E-state index contributed by atoms with van der Waals surface area (Å²) in [5.41, 5.74) is 1.50. The number of nitrogens with two attached hydrogens (primary N) is 1. The number of rotatable bonds is 2. The van der Waals surface area contributed by atoms with Crippen molar-refractivity contribution in [2.45, 2.75) is 39.3 Å². The summed E-state index contributed by atoms with van der Waals surface area (Å²) < 4.78 is 4.74. The van der Waals surface area contributed by atoms with E-state index in [1.807, 2.05) is 26.2 Å². The molecule has 0 saturated carbocycles. The van der Waals surface area contributed by atoms with E-state index in [1.54, 1.807) is 0 Å². The molecular formula is C8H17N3O3. The fourth-order valence-corrected chi connectivity index (χ4v) is 0.667. The third-order valence-electron chi connectivity index (χ3n) is 1.27. The minimum atomic E-state index is -0.901. The molecule has 0 aliphatic rings. The third-order valence-corrected chi connectivity index (χ3v) is 1.27. The van der Waals surface area contributed by atoms with Crippen LogP contribution >= 0.6 is 0 Å². The van der Waals surface area contributed by atoms with Gasteiger partial charge in [0.05, 0.1) is 0 Å². The number of amides is 2. The highest BCUT2D eigenvalue weighted by atomic mass is 16.6. The summed E-state index contributed by atoms with van der Waals surface area (Å²) in [5, 5.41) is 2.55. The molecule has 6 heteroatoms. The topological polar surface area (TPSA) is 93.4 Å². The fraction of sp³-hybridized carbons (Fsp3) is 0.750. The van der Waals surface area contributed by atoms with Crippen molar-refractivity contribution in [2.75, 3.05) is 0 Å². The minimum absolute atomic E-state index is 0.393. The van der Waals surface area contributed by atoms with E-state index in [9.17, 15) is 9.59 Å². The normalized spacial score (nSPS) is 12.9. The minimum Gasteiger partial charge on any atom is -0.436 e. The number of hydrogen-bond acceptors (Lipinski definition) is 4. The Labute approximate surface area is 83.1 Å². The summed E-state index contributed by atoms with van der Waals surface area (Å²) in [5.74, 6) is 4.32. The molecule has 0 heterocycles. The molecule has 0 aromatic heterocycles. The van der Waals surface area contributed by atoms with Crippen LogP contribution in [-0.2, 0) is 9.53 Å². The first-order valence-electron chi connectivity index (χ1n) is 4.25. The van der Waals surface area contributed by atoms with Crippen molar-refractivity contribution in [1.82, 2.24) is 10.7 Å². The maximum absolute atomic E-state index is 11.1. The monoisotopic (exact) mass is 203 g/mol. The number of hydrazine groups is 1. The molecule has 0 radical (unpaired) electrons. The van der Waals surface area contributed by atoms with Gasteiger partial charge in [0, 0.05) is 5.54 Å². The summed E-state index contributed by atoms with van der Waals surface area (Å²) in [6.45, 7) is 6.86. The number of ether oxygens (including phenoxy) is 1. The second kappa shape index (κ2) is 4.80. The Morgan fingerprint density at radius 1 is 1.36 bits per heavy atom. The first-order valence-corrected chi connectivity index (χ1v) is 4.25. The van der Waals surface area contributed by atoms with Gasteiger partial charge < -0.3 is 10.1 Å². The molecule has 2 amide bonds. The van der Waals surface area contributed by atoms with Crippen molar-refractivity contribution in [3.05, 3.63) is 0 Å². The fourth-order valence-electron chi connectivity index (χ4n) is 0.667. The Balaban J connectivity index is 4.01. The van der Waals surface area contributed by atoms with E-state index in [4.69, 9.17) is 10.6 Å². The first kappa shape index (κ1) is 12.7. The Hall–Kier alpha value is -1.30. The lowest BCUT2D eigenvalue weighted by atomic mass is 10.1. The van der Waals surface area contributed by atoms with Crippen molar-refractivity contribution in [2.24, 2.45) is 5.84 Å². The van der Waals surface area contributed by atoms with Crippen LogP contribution in [0.3, 0.4) is 0 Å². The van der Waals surface area contributed by atoms with E-state index < -0.39 is 23.6 Å². The van der Waals surface area contributed by atoms with Gasteiger partial charge in [0.25, 0.3) is 5.91 Å². The molecule has 0 unspecified atom stereocenters. The number of alkyl carbamates (subject to hydrolysis) is 1. The highest BCUT2D eigenvalue weighted by Crippen LogP contribution is 2.00. The van der Waals surface area contributed by atoms with Crippen molar-refractivity contribution in [3.63, 3.8) is 0 Å². The van der Waals surface area contributed by atoms with E-state index >= 15 is 0 Å². The summed E-state index contributed by atoms with van der Waals surface area (Å²) >= 11 is 0. The molecule has 1 atom stereocenters. The van der Waals surface area contributed by atoms with Gasteiger partial charge in [-0.25, -0.2) is 10.6 Å². The Kier molecular flexibility index (Phi) is 4.36. The maximum atomic E-state index is 11.1. The summed E-state index contributed by atoms with van der Waals surface area (Å²) in [6.07, 6.45) is -1.55. The van der Waals surface area contributed by atoms with Gasteiger partial charge in [0.1, 0.15) is 0 Å². The number of hydrogen-bond donors (Lipinski definition) is 3. The average molecular weight is 203 g/mol. The van der Waals surface area contributed by atoms with Crippen molar-refractivity contribution >= 4 is 12.0 Å². The van der Waals surface area contributed by atoms with Gasteiger partial charge in [-0.15, -0.1) is 0 Å². The van der Waals surface area contributed by atoms with Crippen LogP contribution in [0.15, 0.2) is 0 Å². The van der Waals surface area contributed by atoms with Gasteiger partial charge >= 0.3 is 6.09 Å². The van der Waals surface area contributed by atoms with Crippen LogP contribution < -0.4 is 16.6 Å². The zero-order valence-corrected chi connectivity index (χ0v) is 8.88. The van der Waals surface area contributed by atoms with Crippen LogP contribution in [0.1, 0.15) is 27.7 Å². The van der Waals surface area contributed by atoms with Crippen molar-refractivity contribution < 1.29 is 14.3 Å². The van der Waals surface area contributed by atoms with Crippen LogP contribution in [0.5, 0.6) is 0 Å². The Morgan fingerprint density at radius 3 is 2.21 bits per heavy atom. The van der Waals surface area contributed by atoms with Gasteiger partial charge in [-0.3, -0.25) is 10.2 Å². The van der Waals surface area contributed by atoms with Crippen LogP contribution in [0, 0.1) is 0 Å². The third kappa shape index (κ3) is 5.36. The van der Waals surface area contributed by atoms with E-state index in [-0.39, 0.29) is 0 Å². The van der Waals surface area contributed by atoms with E-state index in [2.05, 4.69) is 5.32 Å². The van der Waals surface area contributed by atoms with Gasteiger partial charge in [-0.1, -0.05) is 0 Å². The average Bonchev–Trinajstić information content (AvgIpc) is 1.99. The highest BCUT2D eigenvalue weighted by Gasteiger charge is 2.20. The molecule has 4 N–H and O–H groups in total. The maximum Gasteiger partial charge on any atom is 0.408 e. The standard InChI is InChI=1S/C8H17N3O3/c1-5(6(12)11-9)14-7(13)10-8(2,3)4/h5H,9H2,1-4H3,(H,10,13)(H,11,12)/t5-/m1/s1. The quantitative estimate of drug-likeness (QED) is 0.331. The van der Waals surface area contributed by atoms with E-state index in [1.165, 1.54) is 6.92 Å². The second-order valence-corrected chi connectivity index (χ2v) is 3.93. The molecule has 0 fully saturated rings. The molecule has 0 aliphatic carbocycles. The number of carbonyl (C=O) groups is 2. The zero-order valence-electron chi connectivity index (χ0n) is 8.88. The lowest BCUT2D eigenvalue weighted by molar-refractivity contribution is -0.128. The molecule has 0 aromatic carbocycles. The molecular weight excluding hydrogens is 186 g/mol. The number of nitrogens with one attached hydrogen (secondary N) is 2. The number of carbonyl (C=O) groups excluding carboxylic acids is 2.